The first-order valence-electron chi connectivity index (χ1n) is 5.02. The largest absolute Gasteiger partial charge is 0.393 e. The highest BCUT2D eigenvalue weighted by Crippen LogP contribution is 2.13. The van der Waals surface area contributed by atoms with Crippen LogP contribution in [0.1, 0.15) is 5.69 Å². The van der Waals surface area contributed by atoms with Gasteiger partial charge in [-0.25, -0.2) is 9.97 Å². The lowest BCUT2D eigenvalue weighted by Gasteiger charge is -2.02. The summed E-state index contributed by atoms with van der Waals surface area (Å²) in [6.07, 6.45) is 4.49. The maximum Gasteiger partial charge on any atom is 0.180 e. The number of nitrogen functional groups attached to an aromatic ring is 1. The van der Waals surface area contributed by atoms with E-state index in [4.69, 9.17) is 11.1 Å². The molecule has 2 rings (SSSR count). The van der Waals surface area contributed by atoms with Gasteiger partial charge < -0.3 is 16.5 Å². The molecule has 0 unspecified atom stereocenters. The Labute approximate surface area is 98.1 Å². The molecule has 2 heterocycles. The normalized spacial score (nSPS) is 11.5. The Balaban J connectivity index is 2.57. The van der Waals surface area contributed by atoms with Gasteiger partial charge in [0.2, 0.25) is 0 Å². The van der Waals surface area contributed by atoms with E-state index in [9.17, 15) is 0 Å². The third kappa shape index (κ3) is 2.20. The maximum absolute atomic E-state index is 7.30. The van der Waals surface area contributed by atoms with Gasteiger partial charge in [-0.1, -0.05) is 0 Å². The predicted molar refractivity (Wildman–Crippen MR) is 67.6 cm³/mol. The number of hydrogen-bond donors (Lipinski definition) is 3. The lowest BCUT2D eigenvalue weighted by atomic mass is 10.2. The monoisotopic (exact) mass is 228 g/mol. The molecule has 0 spiro atoms. The Hall–Kier alpha value is -2.50. The number of aromatic nitrogens is 3. The zero-order valence-corrected chi connectivity index (χ0v) is 9.31. The van der Waals surface area contributed by atoms with Gasteiger partial charge in [0.15, 0.2) is 5.65 Å². The molecule has 0 aliphatic carbocycles. The number of rotatable bonds is 3. The molecule has 0 bridgehead atoms. The summed E-state index contributed by atoms with van der Waals surface area (Å²) in [5.74, 6) is 0.401. The molecular formula is C11H12N6. The van der Waals surface area contributed by atoms with Crippen molar-refractivity contribution in [2.24, 2.45) is 0 Å². The molecule has 6 heteroatoms. The number of fused-ring (bicyclic) bond motifs is 1. The second-order valence-corrected chi connectivity index (χ2v) is 3.37. The average Bonchev–Trinajstić information content (AvgIpc) is 2.35. The minimum absolute atomic E-state index is 0.401. The maximum atomic E-state index is 7.30. The van der Waals surface area contributed by atoms with Gasteiger partial charge in [-0.2, -0.15) is 0 Å². The van der Waals surface area contributed by atoms with Gasteiger partial charge in [0.05, 0.1) is 11.9 Å². The predicted octanol–water partition coefficient (Wildman–Crippen LogP) is 0.817. The van der Waals surface area contributed by atoms with Crippen LogP contribution in [0.4, 0.5) is 5.82 Å². The van der Waals surface area contributed by atoms with Crippen molar-refractivity contribution >= 4 is 28.8 Å². The highest BCUT2D eigenvalue weighted by molar-refractivity contribution is 6.07. The Morgan fingerprint density at radius 2 is 2.24 bits per heavy atom. The van der Waals surface area contributed by atoms with E-state index in [2.05, 4.69) is 20.3 Å². The first kappa shape index (κ1) is 11.0. The van der Waals surface area contributed by atoms with Crippen LogP contribution in [0.3, 0.4) is 0 Å². The van der Waals surface area contributed by atoms with Gasteiger partial charge in [-0.05, 0) is 12.1 Å². The van der Waals surface area contributed by atoms with Crippen LogP contribution < -0.4 is 11.1 Å². The number of anilines is 1. The Morgan fingerprint density at radius 3 is 2.94 bits per heavy atom. The molecule has 0 aliphatic rings. The molecule has 0 atom stereocenters. The number of nitrogens with zero attached hydrogens (tertiary/aromatic N) is 3. The van der Waals surface area contributed by atoms with Gasteiger partial charge in [0, 0.05) is 25.0 Å². The van der Waals surface area contributed by atoms with E-state index in [1.807, 2.05) is 0 Å². The Bertz CT molecular complexity index is 590. The quantitative estimate of drug-likeness (QED) is 0.675. The minimum Gasteiger partial charge on any atom is -0.393 e. The van der Waals surface area contributed by atoms with Crippen molar-refractivity contribution in [2.45, 2.75) is 0 Å². The molecule has 0 saturated heterocycles. The second kappa shape index (κ2) is 4.56. The first-order chi connectivity index (χ1) is 8.24. The molecule has 86 valence electrons. The third-order valence-corrected chi connectivity index (χ3v) is 2.18. The topological polar surface area (TPSA) is 101 Å². The van der Waals surface area contributed by atoms with Crippen LogP contribution in [-0.2, 0) is 0 Å². The summed E-state index contributed by atoms with van der Waals surface area (Å²) in [7, 11) is 1.76. The van der Waals surface area contributed by atoms with Gasteiger partial charge in [0.25, 0.3) is 0 Å². The van der Waals surface area contributed by atoms with Gasteiger partial charge in [-0.15, -0.1) is 0 Å². The average molecular weight is 228 g/mol. The van der Waals surface area contributed by atoms with Crippen molar-refractivity contribution in [3.8, 4) is 0 Å². The summed E-state index contributed by atoms with van der Waals surface area (Å²) >= 11 is 0. The summed E-state index contributed by atoms with van der Waals surface area (Å²) in [4.78, 5) is 12.6. The van der Waals surface area contributed by atoms with Gasteiger partial charge in [0.1, 0.15) is 11.3 Å². The molecule has 0 amide bonds. The molecule has 6 nitrogen and oxygen atoms in total. The lowest BCUT2D eigenvalue weighted by molar-refractivity contribution is 1.10. The van der Waals surface area contributed by atoms with Crippen LogP contribution in [0, 0.1) is 5.41 Å². The molecule has 2 aromatic rings. The van der Waals surface area contributed by atoms with Crippen molar-refractivity contribution < 1.29 is 0 Å². The van der Waals surface area contributed by atoms with E-state index in [1.54, 1.807) is 31.6 Å². The Morgan fingerprint density at radius 1 is 1.41 bits per heavy atom. The molecule has 2 aromatic heterocycles. The molecule has 0 radical (unpaired) electrons. The van der Waals surface area contributed by atoms with Crippen LogP contribution in [0.25, 0.3) is 16.7 Å². The van der Waals surface area contributed by atoms with Crippen molar-refractivity contribution in [1.82, 2.24) is 20.3 Å². The number of hydrogen-bond acceptors (Lipinski definition) is 6. The van der Waals surface area contributed by atoms with E-state index >= 15 is 0 Å². The molecule has 0 fully saturated rings. The number of nitrogens with one attached hydrogen (secondary N) is 2. The van der Waals surface area contributed by atoms with Crippen molar-refractivity contribution in [2.75, 3.05) is 12.8 Å². The van der Waals surface area contributed by atoms with Gasteiger partial charge >= 0.3 is 0 Å². The number of nitrogens with two attached hydrogens (primary N) is 1. The second-order valence-electron chi connectivity index (χ2n) is 3.37. The summed E-state index contributed by atoms with van der Waals surface area (Å²) in [5.41, 5.74) is 7.96. The molecule has 4 N–H and O–H groups in total. The molecule has 0 aliphatic heterocycles. The van der Waals surface area contributed by atoms with Crippen LogP contribution >= 0.6 is 0 Å². The van der Waals surface area contributed by atoms with Crippen molar-refractivity contribution in [1.29, 1.82) is 5.41 Å². The minimum atomic E-state index is 0.401. The summed E-state index contributed by atoms with van der Waals surface area (Å²) in [6, 6.07) is 3.44. The summed E-state index contributed by atoms with van der Waals surface area (Å²) in [5, 5.41) is 10.2. The Kier molecular flexibility index (Phi) is 2.95. The van der Waals surface area contributed by atoms with Crippen LogP contribution in [0.15, 0.2) is 24.5 Å². The van der Waals surface area contributed by atoms with E-state index in [0.29, 0.717) is 28.2 Å². The third-order valence-electron chi connectivity index (χ3n) is 2.18. The fraction of sp³-hybridized carbons (Fsp3) is 0.0909. The fourth-order valence-electron chi connectivity index (χ4n) is 1.40. The molecule has 0 saturated carbocycles. The molecular weight excluding hydrogens is 216 g/mol. The van der Waals surface area contributed by atoms with Crippen LogP contribution in [0.5, 0.6) is 0 Å². The molecule has 17 heavy (non-hydrogen) atoms. The highest BCUT2D eigenvalue weighted by atomic mass is 15.0. The van der Waals surface area contributed by atoms with Crippen molar-refractivity contribution in [3.63, 3.8) is 0 Å². The number of allylic oxidation sites excluding steroid dienone is 1. The first-order valence-corrected chi connectivity index (χ1v) is 5.02. The lowest BCUT2D eigenvalue weighted by Crippen LogP contribution is -2.01. The standard InChI is InChI=1S/C11H12N6/c1-14-5-7(4-12)9-6-15-8-2-3-10(13)17-11(8)16-9/h2-6,12,14H,1H3,(H2,13,16,17)/b7-5+,12-4?. The van der Waals surface area contributed by atoms with E-state index < -0.39 is 0 Å². The number of pyridine rings is 1. The highest BCUT2D eigenvalue weighted by Gasteiger charge is 2.04. The van der Waals surface area contributed by atoms with Crippen LogP contribution in [-0.4, -0.2) is 28.2 Å². The fourth-order valence-corrected chi connectivity index (χ4v) is 1.40. The zero-order chi connectivity index (χ0) is 12.3. The SMILES string of the molecule is CN/C=C(\C=N)c1cnc2ccc(N)nc2n1. The van der Waals surface area contributed by atoms with E-state index in [1.165, 1.54) is 6.21 Å². The van der Waals surface area contributed by atoms with Crippen molar-refractivity contribution in [3.05, 3.63) is 30.2 Å². The van der Waals surface area contributed by atoms with E-state index in [0.717, 1.165) is 0 Å². The van der Waals surface area contributed by atoms with Crippen LogP contribution in [0.2, 0.25) is 0 Å². The summed E-state index contributed by atoms with van der Waals surface area (Å²) in [6.45, 7) is 0. The van der Waals surface area contributed by atoms with Gasteiger partial charge in [-0.3, -0.25) is 4.98 Å². The smallest absolute Gasteiger partial charge is 0.180 e. The zero-order valence-electron chi connectivity index (χ0n) is 9.31. The summed E-state index contributed by atoms with van der Waals surface area (Å²) < 4.78 is 0. The van der Waals surface area contributed by atoms with E-state index in [-0.39, 0.29) is 0 Å². The molecule has 0 aromatic carbocycles.